The number of anilines is 2. The number of ether oxygens (including phenoxy) is 1. The Kier molecular flexibility index (Phi) is 5.66. The first-order valence-electron chi connectivity index (χ1n) is 7.93. The van der Waals surface area contributed by atoms with Crippen LogP contribution in [0.25, 0.3) is 0 Å². The van der Waals surface area contributed by atoms with Crippen LogP contribution in [0.4, 0.5) is 11.5 Å². The Morgan fingerprint density at radius 1 is 1.04 bits per heavy atom. The molecule has 2 aromatic carbocycles. The Balaban J connectivity index is 1.63. The van der Waals surface area contributed by atoms with Crippen molar-refractivity contribution in [3.8, 4) is 5.75 Å². The molecule has 26 heavy (non-hydrogen) atoms. The summed E-state index contributed by atoms with van der Waals surface area (Å²) in [5, 5.41) is 14.4. The van der Waals surface area contributed by atoms with Crippen LogP contribution in [0.2, 0.25) is 5.02 Å². The van der Waals surface area contributed by atoms with E-state index in [0.29, 0.717) is 17.4 Å². The van der Waals surface area contributed by atoms with E-state index in [0.717, 1.165) is 17.0 Å². The van der Waals surface area contributed by atoms with Crippen molar-refractivity contribution in [1.82, 2.24) is 15.5 Å². The number of rotatable bonds is 6. The fourth-order valence-corrected chi connectivity index (χ4v) is 2.52. The second-order valence-electron chi connectivity index (χ2n) is 5.40. The number of amides is 1. The zero-order chi connectivity index (χ0) is 18.4. The topological polar surface area (TPSA) is 76.1 Å². The zero-order valence-corrected chi connectivity index (χ0v) is 14.8. The quantitative estimate of drug-likeness (QED) is 0.691. The molecule has 0 aliphatic heterocycles. The van der Waals surface area contributed by atoms with E-state index in [9.17, 15) is 4.79 Å². The molecule has 0 saturated carbocycles. The van der Waals surface area contributed by atoms with Crippen LogP contribution in [0, 0.1) is 0 Å². The maximum atomic E-state index is 12.2. The Morgan fingerprint density at radius 3 is 2.54 bits per heavy atom. The summed E-state index contributed by atoms with van der Waals surface area (Å²) in [4.78, 5) is 12.2. The highest BCUT2D eigenvalue weighted by molar-refractivity contribution is 6.33. The Labute approximate surface area is 156 Å². The largest absolute Gasteiger partial charge is 0.496 e. The fourth-order valence-electron chi connectivity index (χ4n) is 2.34. The molecule has 2 N–H and O–H groups in total. The van der Waals surface area contributed by atoms with Gasteiger partial charge in [-0.3, -0.25) is 4.79 Å². The molecule has 0 fully saturated rings. The number of halogens is 1. The minimum Gasteiger partial charge on any atom is -0.496 e. The third-order valence-electron chi connectivity index (χ3n) is 3.67. The first-order chi connectivity index (χ1) is 12.7. The van der Waals surface area contributed by atoms with Gasteiger partial charge < -0.3 is 15.4 Å². The minimum absolute atomic E-state index is 0.226. The van der Waals surface area contributed by atoms with Gasteiger partial charge in [-0.15, -0.1) is 10.2 Å². The molecule has 132 valence electrons. The molecule has 1 aromatic heterocycles. The maximum absolute atomic E-state index is 12.2. The van der Waals surface area contributed by atoms with Gasteiger partial charge in [0.25, 0.3) is 5.91 Å². The van der Waals surface area contributed by atoms with E-state index < -0.39 is 0 Å². The van der Waals surface area contributed by atoms with Crippen molar-refractivity contribution in [2.24, 2.45) is 0 Å². The number of nitrogens with zero attached hydrogens (tertiary/aromatic N) is 2. The summed E-state index contributed by atoms with van der Waals surface area (Å²) in [5.41, 5.74) is 1.83. The van der Waals surface area contributed by atoms with E-state index in [-0.39, 0.29) is 11.6 Å². The molecule has 0 aliphatic rings. The highest BCUT2D eigenvalue weighted by Gasteiger charge is 2.10. The van der Waals surface area contributed by atoms with Gasteiger partial charge in [-0.2, -0.15) is 0 Å². The smallest absolute Gasteiger partial charge is 0.272 e. The van der Waals surface area contributed by atoms with Gasteiger partial charge in [0.05, 0.1) is 17.8 Å². The lowest BCUT2D eigenvalue weighted by molar-refractivity contribution is 0.0944. The Bertz CT molecular complexity index is 900. The summed E-state index contributed by atoms with van der Waals surface area (Å²) in [5.74, 6) is 0.908. The maximum Gasteiger partial charge on any atom is 0.272 e. The molecular weight excluding hydrogens is 352 g/mol. The minimum atomic E-state index is -0.312. The standard InChI is InChI=1S/C19H17ClN4O2/c1-26-17-9-5-2-6-13(17)12-21-19(25)16-10-11-18(24-23-16)22-15-8-4-3-7-14(15)20/h2-11H,12H2,1H3,(H,21,25)(H,22,24). The van der Waals surface area contributed by atoms with Gasteiger partial charge in [-0.25, -0.2) is 0 Å². The van der Waals surface area contributed by atoms with Gasteiger partial charge in [-0.1, -0.05) is 41.9 Å². The molecule has 1 heterocycles. The third kappa shape index (κ3) is 4.29. The number of benzene rings is 2. The lowest BCUT2D eigenvalue weighted by atomic mass is 10.2. The van der Waals surface area contributed by atoms with Crippen molar-refractivity contribution in [3.63, 3.8) is 0 Å². The van der Waals surface area contributed by atoms with Crippen molar-refractivity contribution in [2.45, 2.75) is 6.54 Å². The number of nitrogens with one attached hydrogen (secondary N) is 2. The van der Waals surface area contributed by atoms with Crippen LogP contribution < -0.4 is 15.4 Å². The third-order valence-corrected chi connectivity index (χ3v) is 4.00. The van der Waals surface area contributed by atoms with Crippen molar-refractivity contribution < 1.29 is 9.53 Å². The van der Waals surface area contributed by atoms with E-state index in [1.54, 1.807) is 25.3 Å². The predicted molar refractivity (Wildman–Crippen MR) is 101 cm³/mol. The first kappa shape index (κ1) is 17.7. The van der Waals surface area contributed by atoms with E-state index >= 15 is 0 Å². The normalized spacial score (nSPS) is 10.2. The predicted octanol–water partition coefficient (Wildman–Crippen LogP) is 3.81. The first-order valence-corrected chi connectivity index (χ1v) is 8.30. The summed E-state index contributed by atoms with van der Waals surface area (Å²) in [6.07, 6.45) is 0. The number of hydrogen-bond donors (Lipinski definition) is 2. The zero-order valence-electron chi connectivity index (χ0n) is 14.1. The summed E-state index contributed by atoms with van der Waals surface area (Å²) < 4.78 is 5.27. The molecule has 0 aliphatic carbocycles. The van der Waals surface area contributed by atoms with Crippen LogP contribution in [0.1, 0.15) is 16.1 Å². The van der Waals surface area contributed by atoms with E-state index in [1.165, 1.54) is 0 Å². The second kappa shape index (κ2) is 8.31. The van der Waals surface area contributed by atoms with Gasteiger partial charge in [0.1, 0.15) is 5.75 Å². The van der Waals surface area contributed by atoms with E-state index in [4.69, 9.17) is 16.3 Å². The molecule has 0 unspecified atom stereocenters. The number of carbonyl (C=O) groups excluding carboxylic acids is 1. The molecule has 6 nitrogen and oxygen atoms in total. The van der Waals surface area contributed by atoms with Crippen LogP contribution in [-0.4, -0.2) is 23.2 Å². The van der Waals surface area contributed by atoms with Crippen molar-refractivity contribution >= 4 is 29.0 Å². The number of carbonyl (C=O) groups is 1. The fraction of sp³-hybridized carbons (Fsp3) is 0.105. The Hall–Kier alpha value is -3.12. The molecule has 0 atom stereocenters. The number of methoxy groups -OCH3 is 1. The Morgan fingerprint density at radius 2 is 1.81 bits per heavy atom. The molecule has 0 spiro atoms. The molecule has 3 rings (SSSR count). The van der Waals surface area contributed by atoms with Gasteiger partial charge in [0.15, 0.2) is 11.5 Å². The van der Waals surface area contributed by atoms with Crippen molar-refractivity contribution in [2.75, 3.05) is 12.4 Å². The molecule has 0 radical (unpaired) electrons. The highest BCUT2D eigenvalue weighted by atomic mass is 35.5. The van der Waals surface area contributed by atoms with Gasteiger partial charge in [-0.05, 0) is 30.3 Å². The molecular formula is C19H17ClN4O2. The van der Waals surface area contributed by atoms with Crippen LogP contribution in [0.5, 0.6) is 5.75 Å². The van der Waals surface area contributed by atoms with Crippen LogP contribution in [-0.2, 0) is 6.54 Å². The second-order valence-corrected chi connectivity index (χ2v) is 5.81. The summed E-state index contributed by atoms with van der Waals surface area (Å²) in [6, 6.07) is 18.1. The molecule has 0 saturated heterocycles. The van der Waals surface area contributed by atoms with E-state index in [1.807, 2.05) is 42.5 Å². The monoisotopic (exact) mass is 368 g/mol. The van der Waals surface area contributed by atoms with Crippen molar-refractivity contribution in [1.29, 1.82) is 0 Å². The number of aromatic nitrogens is 2. The van der Waals surface area contributed by atoms with Crippen molar-refractivity contribution in [3.05, 3.63) is 76.9 Å². The molecule has 3 aromatic rings. The highest BCUT2D eigenvalue weighted by Crippen LogP contribution is 2.23. The van der Waals surface area contributed by atoms with Gasteiger partial charge in [0, 0.05) is 12.1 Å². The van der Waals surface area contributed by atoms with E-state index in [2.05, 4.69) is 20.8 Å². The van der Waals surface area contributed by atoms with Crippen LogP contribution in [0.15, 0.2) is 60.7 Å². The average Bonchev–Trinajstić information content (AvgIpc) is 2.68. The summed E-state index contributed by atoms with van der Waals surface area (Å²) in [7, 11) is 1.59. The summed E-state index contributed by atoms with van der Waals surface area (Å²) in [6.45, 7) is 0.337. The number of hydrogen-bond acceptors (Lipinski definition) is 5. The lowest BCUT2D eigenvalue weighted by Gasteiger charge is -2.09. The molecule has 7 heteroatoms. The van der Waals surface area contributed by atoms with Crippen LogP contribution in [0.3, 0.4) is 0 Å². The van der Waals surface area contributed by atoms with Gasteiger partial charge in [0.2, 0.25) is 0 Å². The molecule has 0 bridgehead atoms. The molecule has 1 amide bonds. The van der Waals surface area contributed by atoms with Crippen LogP contribution >= 0.6 is 11.6 Å². The lowest BCUT2D eigenvalue weighted by Crippen LogP contribution is -2.24. The average molecular weight is 369 g/mol. The summed E-state index contributed by atoms with van der Waals surface area (Å²) >= 11 is 6.09. The SMILES string of the molecule is COc1ccccc1CNC(=O)c1ccc(Nc2ccccc2Cl)nn1. The number of para-hydroxylation sites is 2. The van der Waals surface area contributed by atoms with Gasteiger partial charge >= 0.3 is 0 Å².